The molecule has 0 saturated heterocycles. The fourth-order valence-corrected chi connectivity index (χ4v) is 5.14. The van der Waals surface area contributed by atoms with E-state index in [9.17, 15) is 49.4 Å². The fraction of sp³-hybridized carbons (Fsp3) is 0.343. The summed E-state index contributed by atoms with van der Waals surface area (Å²) in [6.45, 7) is 2.62. The van der Waals surface area contributed by atoms with Crippen molar-refractivity contribution in [3.05, 3.63) is 94.8 Å². The number of alkyl halides is 9. The second kappa shape index (κ2) is 17.7. The molecule has 280 valence electrons. The number of carbonyl (C=O) groups excluding carboxylic acids is 1. The third kappa shape index (κ3) is 12.4. The van der Waals surface area contributed by atoms with Gasteiger partial charge in [-0.05, 0) is 83.5 Å². The quantitative estimate of drug-likeness (QED) is 0.0966. The van der Waals surface area contributed by atoms with Crippen LogP contribution in [0.25, 0.3) is 11.1 Å². The minimum atomic E-state index is -5.15. The fourth-order valence-electron chi connectivity index (χ4n) is 5.14. The minimum Gasteiger partial charge on any atom is -0.550 e. The van der Waals surface area contributed by atoms with Crippen LogP contribution in [0.15, 0.2) is 67.0 Å². The molecule has 0 radical (unpaired) electrons. The van der Waals surface area contributed by atoms with Gasteiger partial charge in [0.1, 0.15) is 11.5 Å². The van der Waals surface area contributed by atoms with Crippen molar-refractivity contribution in [1.29, 1.82) is 0 Å². The molecule has 1 heterocycles. The van der Waals surface area contributed by atoms with Crippen LogP contribution >= 0.6 is 0 Å². The molecule has 0 fully saturated rings. The maximum absolute atomic E-state index is 13.8. The van der Waals surface area contributed by atoms with E-state index in [4.69, 9.17) is 9.47 Å². The molecule has 1 aromatic heterocycles. The van der Waals surface area contributed by atoms with Gasteiger partial charge in [-0.15, -0.1) is 13.2 Å². The minimum absolute atomic E-state index is 0. The first-order valence-corrected chi connectivity index (χ1v) is 15.5. The largest absolute Gasteiger partial charge is 1.00 e. The number of aliphatic carboxylic acids is 1. The van der Waals surface area contributed by atoms with Crippen molar-refractivity contribution in [3.63, 3.8) is 0 Å². The van der Waals surface area contributed by atoms with Gasteiger partial charge in [-0.1, -0.05) is 26.0 Å². The summed E-state index contributed by atoms with van der Waals surface area (Å²) < 4.78 is 138. The summed E-state index contributed by atoms with van der Waals surface area (Å²) in [5, 5.41) is 10.7. The van der Waals surface area contributed by atoms with Gasteiger partial charge in [0.2, 0.25) is 5.95 Å². The van der Waals surface area contributed by atoms with E-state index < -0.39 is 60.2 Å². The van der Waals surface area contributed by atoms with Crippen molar-refractivity contribution in [3.8, 4) is 28.4 Å². The molecule has 0 amide bonds. The molecular formula is C35H31F9N3NaO5. The second-order valence-corrected chi connectivity index (χ2v) is 11.8. The SMILES string of the molecule is COc1ccc(C(C)C)cc1-c1ccc(OC(F)(F)F)cc1CN(Cc1cc(C(F)(F)F)cc(C(F)(F)F)c1)c1ncc(OCCCC(=O)[O-])cn1.[Na+]. The molecular weight excluding hydrogens is 736 g/mol. The van der Waals surface area contributed by atoms with Crippen LogP contribution in [0.2, 0.25) is 0 Å². The summed E-state index contributed by atoms with van der Waals surface area (Å²) in [7, 11) is 1.38. The Morgan fingerprint density at radius 2 is 1.43 bits per heavy atom. The summed E-state index contributed by atoms with van der Waals surface area (Å²) in [5.74, 6) is -1.81. The van der Waals surface area contributed by atoms with Gasteiger partial charge in [0.15, 0.2) is 5.75 Å². The van der Waals surface area contributed by atoms with Crippen LogP contribution < -0.4 is 53.8 Å². The summed E-state index contributed by atoms with van der Waals surface area (Å²) >= 11 is 0. The first-order valence-electron chi connectivity index (χ1n) is 15.5. The Bertz CT molecular complexity index is 1820. The third-order valence-electron chi connectivity index (χ3n) is 7.56. The predicted octanol–water partition coefficient (Wildman–Crippen LogP) is 5.33. The van der Waals surface area contributed by atoms with Crippen molar-refractivity contribution in [2.45, 2.75) is 64.4 Å². The number of rotatable bonds is 14. The van der Waals surface area contributed by atoms with E-state index in [0.29, 0.717) is 29.0 Å². The number of hydrogen-bond donors (Lipinski definition) is 0. The molecule has 0 aliphatic carbocycles. The smallest absolute Gasteiger partial charge is 0.550 e. The van der Waals surface area contributed by atoms with Gasteiger partial charge in [-0.2, -0.15) is 26.3 Å². The number of carboxylic acid groups (broad SMARTS) is 1. The van der Waals surface area contributed by atoms with Gasteiger partial charge < -0.3 is 29.0 Å². The Hall–Kier alpha value is -4.22. The molecule has 0 unspecified atom stereocenters. The molecule has 4 rings (SSSR count). The van der Waals surface area contributed by atoms with Crippen molar-refractivity contribution in [1.82, 2.24) is 9.97 Å². The van der Waals surface area contributed by atoms with Crippen LogP contribution in [0, 0.1) is 0 Å². The molecule has 53 heavy (non-hydrogen) atoms. The molecule has 4 aromatic rings. The maximum atomic E-state index is 13.8. The monoisotopic (exact) mass is 767 g/mol. The zero-order valence-electron chi connectivity index (χ0n) is 28.7. The van der Waals surface area contributed by atoms with E-state index in [2.05, 4.69) is 14.7 Å². The van der Waals surface area contributed by atoms with Gasteiger partial charge in [0.25, 0.3) is 0 Å². The van der Waals surface area contributed by atoms with Crippen LogP contribution in [0.5, 0.6) is 17.2 Å². The first-order chi connectivity index (χ1) is 24.2. The third-order valence-corrected chi connectivity index (χ3v) is 7.56. The molecule has 0 aliphatic heterocycles. The number of carbonyl (C=O) groups is 1. The van der Waals surface area contributed by atoms with Crippen molar-refractivity contribution in [2.24, 2.45) is 0 Å². The Morgan fingerprint density at radius 3 is 1.96 bits per heavy atom. The number of benzene rings is 3. The zero-order valence-corrected chi connectivity index (χ0v) is 30.7. The van der Waals surface area contributed by atoms with Gasteiger partial charge in [0, 0.05) is 24.6 Å². The standard InChI is InChI=1S/C35H32F9N3O5.Na/c1-20(2)22-6-9-30(50-3)29(14-22)28-8-7-26(52-35(42,43)44)13-23(28)19-47(32-45-16-27(17-46-32)51-10-4-5-31(48)49)18-21-11-24(33(36,37)38)15-25(12-21)34(39,40)41;/h6-9,11-17,20H,4-5,10,18-19H2,1-3H3,(H,48,49);/q;+1/p-1. The van der Waals surface area contributed by atoms with Gasteiger partial charge >= 0.3 is 48.3 Å². The normalized spacial score (nSPS) is 11.9. The topological polar surface area (TPSA) is 96.8 Å². The molecule has 0 N–H and O–H groups in total. The van der Waals surface area contributed by atoms with E-state index in [1.54, 1.807) is 18.2 Å². The molecule has 3 aromatic carbocycles. The molecule has 18 heteroatoms. The number of methoxy groups -OCH3 is 1. The zero-order chi connectivity index (χ0) is 38.4. The average Bonchev–Trinajstić information content (AvgIpc) is 3.05. The number of ether oxygens (including phenoxy) is 3. The van der Waals surface area contributed by atoms with Crippen LogP contribution in [0.3, 0.4) is 0 Å². The van der Waals surface area contributed by atoms with Crippen LogP contribution in [-0.4, -0.2) is 36.0 Å². The molecule has 0 bridgehead atoms. The average molecular weight is 768 g/mol. The van der Waals surface area contributed by atoms with E-state index >= 15 is 0 Å². The summed E-state index contributed by atoms with van der Waals surface area (Å²) in [5.41, 5.74) is -1.94. The number of halogens is 9. The Kier molecular flexibility index (Phi) is 14.5. The Labute approximate surface area is 320 Å². The van der Waals surface area contributed by atoms with Crippen molar-refractivity contribution < 1.29 is 93.2 Å². The predicted molar refractivity (Wildman–Crippen MR) is 167 cm³/mol. The van der Waals surface area contributed by atoms with E-state index in [-0.39, 0.29) is 78.3 Å². The molecule has 8 nitrogen and oxygen atoms in total. The van der Waals surface area contributed by atoms with E-state index in [0.717, 1.165) is 30.1 Å². The number of anilines is 1. The molecule has 0 aliphatic rings. The van der Waals surface area contributed by atoms with Gasteiger partial charge in [0.05, 0.1) is 37.2 Å². The first kappa shape index (κ1) is 43.2. The molecule has 0 saturated carbocycles. The van der Waals surface area contributed by atoms with Crippen molar-refractivity contribution in [2.75, 3.05) is 18.6 Å². The summed E-state index contributed by atoms with van der Waals surface area (Å²) in [6.07, 6.45) is -13.3. The Morgan fingerprint density at radius 1 is 0.811 bits per heavy atom. The van der Waals surface area contributed by atoms with Crippen molar-refractivity contribution >= 4 is 11.9 Å². The van der Waals surface area contributed by atoms with E-state index in [1.807, 2.05) is 13.8 Å². The number of hydrogen-bond acceptors (Lipinski definition) is 8. The van der Waals surface area contributed by atoms with E-state index in [1.165, 1.54) is 18.1 Å². The second-order valence-electron chi connectivity index (χ2n) is 11.8. The van der Waals surface area contributed by atoms with Gasteiger partial charge in [-0.3, -0.25) is 0 Å². The van der Waals surface area contributed by atoms with Gasteiger partial charge in [-0.25, -0.2) is 9.97 Å². The number of carboxylic acids is 1. The van der Waals surface area contributed by atoms with Crippen LogP contribution in [0.1, 0.15) is 60.4 Å². The molecule has 0 spiro atoms. The maximum Gasteiger partial charge on any atom is 1.00 e. The van der Waals surface area contributed by atoms with Crippen LogP contribution in [0.4, 0.5) is 45.5 Å². The number of nitrogens with zero attached hydrogens (tertiary/aromatic N) is 3. The number of aromatic nitrogens is 2. The van der Waals surface area contributed by atoms with Crippen LogP contribution in [-0.2, 0) is 30.2 Å². The summed E-state index contributed by atoms with van der Waals surface area (Å²) in [6, 6.07) is 9.65. The summed E-state index contributed by atoms with van der Waals surface area (Å²) in [4.78, 5) is 20.2. The molecule has 0 atom stereocenters. The Balaban J connectivity index is 0.00000756.